The van der Waals surface area contributed by atoms with E-state index >= 15 is 0 Å². The van der Waals surface area contributed by atoms with Gasteiger partial charge >= 0.3 is 6.03 Å². The van der Waals surface area contributed by atoms with Gasteiger partial charge in [0.15, 0.2) is 0 Å². The lowest BCUT2D eigenvalue weighted by molar-refractivity contribution is 0.245. The lowest BCUT2D eigenvalue weighted by atomic mass is 10.1. The van der Waals surface area contributed by atoms with Crippen molar-refractivity contribution in [1.29, 1.82) is 0 Å². The second-order valence-electron chi connectivity index (χ2n) is 8.29. The van der Waals surface area contributed by atoms with Gasteiger partial charge in [0.2, 0.25) is 10.0 Å². The van der Waals surface area contributed by atoms with E-state index in [1.54, 1.807) is 30.0 Å². The molecule has 3 aromatic rings. The zero-order chi connectivity index (χ0) is 25.7. The van der Waals surface area contributed by atoms with Gasteiger partial charge in [-0.25, -0.2) is 30.7 Å². The molecule has 2 heterocycles. The minimum absolute atomic E-state index is 0.0229. The lowest BCUT2D eigenvalue weighted by Gasteiger charge is -2.26. The molecule has 4 rings (SSSR count). The summed E-state index contributed by atoms with van der Waals surface area (Å²) in [7, 11) is -5.06. The van der Waals surface area contributed by atoms with Crippen molar-refractivity contribution in [3.8, 4) is 0 Å². The Kier molecular flexibility index (Phi) is 6.43. The predicted molar refractivity (Wildman–Crippen MR) is 132 cm³/mol. The highest BCUT2D eigenvalue weighted by Crippen LogP contribution is 2.40. The molecule has 0 saturated carbocycles. The second-order valence-corrected chi connectivity index (χ2v) is 12.5. The number of aryl methyl sites for hydroxylation is 1. The number of carbonyl (C=O) groups is 1. The topological polar surface area (TPSA) is 122 Å². The Balaban J connectivity index is 1.76. The molecule has 0 aliphatic carbocycles. The summed E-state index contributed by atoms with van der Waals surface area (Å²) >= 11 is 6.01. The molecular formula is C22H24ClN5O5S2. The van der Waals surface area contributed by atoms with Gasteiger partial charge in [0.05, 0.1) is 16.1 Å². The number of aromatic nitrogens is 2. The Labute approximate surface area is 209 Å². The molecule has 0 bridgehead atoms. The van der Waals surface area contributed by atoms with Crippen LogP contribution in [0.1, 0.15) is 16.7 Å². The standard InChI is InChI=1S/C22H24ClN5O5S2/c1-14-9-10-18(35(32,33)26(3)4)15(2)20(14)27-12-11-16-13-24-28(21(16)27)22(29)25-34(30,31)19-8-6-5-7-17(19)23/h5-10,13H,11-12H2,1-4H3,(H,25,29). The van der Waals surface area contributed by atoms with Gasteiger partial charge in [0.1, 0.15) is 10.7 Å². The smallest absolute Gasteiger partial charge is 0.325 e. The normalized spacial score (nSPS) is 13.8. The van der Waals surface area contributed by atoms with Crippen LogP contribution in [0.3, 0.4) is 0 Å². The minimum atomic E-state index is -4.26. The molecule has 0 spiro atoms. The van der Waals surface area contributed by atoms with Gasteiger partial charge in [-0.15, -0.1) is 0 Å². The van der Waals surface area contributed by atoms with Crippen molar-refractivity contribution >= 4 is 49.2 Å². The molecule has 2 aromatic carbocycles. The van der Waals surface area contributed by atoms with E-state index in [1.165, 1.54) is 38.5 Å². The fourth-order valence-electron chi connectivity index (χ4n) is 4.13. The van der Waals surface area contributed by atoms with E-state index in [4.69, 9.17) is 11.6 Å². The van der Waals surface area contributed by atoms with Crippen LogP contribution in [0, 0.1) is 13.8 Å². The molecule has 0 fully saturated rings. The molecule has 0 atom stereocenters. The molecule has 1 aliphatic rings. The first-order valence-corrected chi connectivity index (χ1v) is 13.8. The molecular weight excluding hydrogens is 514 g/mol. The number of benzene rings is 2. The van der Waals surface area contributed by atoms with Crippen LogP contribution in [0.25, 0.3) is 0 Å². The number of rotatable bonds is 5. The van der Waals surface area contributed by atoms with E-state index in [0.717, 1.165) is 20.1 Å². The van der Waals surface area contributed by atoms with Crippen LogP contribution in [-0.4, -0.2) is 57.6 Å². The Bertz CT molecular complexity index is 1550. The van der Waals surface area contributed by atoms with Crippen LogP contribution in [0.4, 0.5) is 16.3 Å². The fourth-order valence-corrected chi connectivity index (χ4v) is 6.70. The summed E-state index contributed by atoms with van der Waals surface area (Å²) in [6, 6.07) is 8.07. The highest BCUT2D eigenvalue weighted by atomic mass is 35.5. The molecule has 1 amide bonds. The van der Waals surface area contributed by atoms with Gasteiger partial charge in [0.25, 0.3) is 10.0 Å². The van der Waals surface area contributed by atoms with Crippen molar-refractivity contribution in [3.63, 3.8) is 0 Å². The molecule has 186 valence electrons. The summed E-state index contributed by atoms with van der Waals surface area (Å²) in [5, 5.41) is 4.09. The Morgan fingerprint density at radius 2 is 1.74 bits per heavy atom. The van der Waals surface area contributed by atoms with Crippen LogP contribution in [0.15, 0.2) is 52.4 Å². The SMILES string of the molecule is Cc1ccc(S(=O)(=O)N(C)C)c(C)c1N1CCc2cnn(C(=O)NS(=O)(=O)c3ccccc3Cl)c21. The molecule has 1 aliphatic heterocycles. The summed E-state index contributed by atoms with van der Waals surface area (Å²) in [5.74, 6) is 0.377. The molecule has 13 heteroatoms. The quantitative estimate of drug-likeness (QED) is 0.530. The molecule has 35 heavy (non-hydrogen) atoms. The Morgan fingerprint density at radius 1 is 1.06 bits per heavy atom. The van der Waals surface area contributed by atoms with Gasteiger partial charge in [-0.1, -0.05) is 29.8 Å². The summed E-state index contributed by atoms with van der Waals surface area (Å²) < 4.78 is 55.5. The van der Waals surface area contributed by atoms with E-state index in [1.807, 2.05) is 11.6 Å². The number of anilines is 2. The highest BCUT2D eigenvalue weighted by molar-refractivity contribution is 7.90. The van der Waals surface area contributed by atoms with Crippen molar-refractivity contribution in [3.05, 3.63) is 64.3 Å². The summed E-state index contributed by atoms with van der Waals surface area (Å²) in [5.41, 5.74) is 2.67. The number of nitrogens with one attached hydrogen (secondary N) is 1. The zero-order valence-corrected chi connectivity index (χ0v) is 21.9. The number of hydrogen-bond acceptors (Lipinski definition) is 7. The third-order valence-corrected chi connectivity index (χ3v) is 9.61. The van der Waals surface area contributed by atoms with E-state index < -0.39 is 26.1 Å². The second kappa shape index (κ2) is 8.94. The maximum absolute atomic E-state index is 13.1. The molecule has 1 aromatic heterocycles. The molecule has 10 nitrogen and oxygen atoms in total. The number of fused-ring (bicyclic) bond motifs is 1. The Hall–Kier alpha value is -2.93. The lowest BCUT2D eigenvalue weighted by Crippen LogP contribution is -2.36. The third-order valence-electron chi connectivity index (χ3n) is 5.83. The average Bonchev–Trinajstić information content (AvgIpc) is 3.36. The molecule has 0 radical (unpaired) electrons. The first-order valence-electron chi connectivity index (χ1n) is 10.5. The fraction of sp³-hybridized carbons (Fsp3) is 0.273. The largest absolute Gasteiger partial charge is 0.357 e. The third kappa shape index (κ3) is 4.31. The van der Waals surface area contributed by atoms with Crippen LogP contribution in [-0.2, 0) is 26.5 Å². The average molecular weight is 538 g/mol. The molecule has 0 saturated heterocycles. The summed E-state index contributed by atoms with van der Waals surface area (Å²) in [4.78, 5) is 14.8. The van der Waals surface area contributed by atoms with Crippen molar-refractivity contribution in [2.75, 3.05) is 25.5 Å². The number of halogens is 1. The van der Waals surface area contributed by atoms with Crippen molar-refractivity contribution < 1.29 is 21.6 Å². The summed E-state index contributed by atoms with van der Waals surface area (Å²) in [6.45, 7) is 4.01. The summed E-state index contributed by atoms with van der Waals surface area (Å²) in [6.07, 6.45) is 2.05. The number of nitrogens with zero attached hydrogens (tertiary/aromatic N) is 4. The van der Waals surface area contributed by atoms with E-state index in [-0.39, 0.29) is 14.8 Å². The van der Waals surface area contributed by atoms with Crippen molar-refractivity contribution in [2.24, 2.45) is 0 Å². The number of amides is 1. The van der Waals surface area contributed by atoms with E-state index in [9.17, 15) is 21.6 Å². The van der Waals surface area contributed by atoms with Crippen molar-refractivity contribution in [1.82, 2.24) is 18.8 Å². The minimum Gasteiger partial charge on any atom is -0.325 e. The van der Waals surface area contributed by atoms with Gasteiger partial charge in [-0.05, 0) is 49.6 Å². The first-order chi connectivity index (χ1) is 16.4. The zero-order valence-electron chi connectivity index (χ0n) is 19.5. The van der Waals surface area contributed by atoms with Crippen LogP contribution in [0.5, 0.6) is 0 Å². The number of hydrogen-bond donors (Lipinski definition) is 1. The molecule has 0 unspecified atom stereocenters. The Morgan fingerprint density at radius 3 is 2.40 bits per heavy atom. The monoisotopic (exact) mass is 537 g/mol. The van der Waals surface area contributed by atoms with E-state index in [0.29, 0.717) is 30.0 Å². The van der Waals surface area contributed by atoms with Crippen molar-refractivity contribution in [2.45, 2.75) is 30.1 Å². The van der Waals surface area contributed by atoms with E-state index in [2.05, 4.69) is 5.10 Å². The number of sulfonamides is 2. The van der Waals surface area contributed by atoms with Gasteiger partial charge in [0, 0.05) is 31.9 Å². The number of carbonyl (C=O) groups excluding carboxylic acids is 1. The van der Waals surface area contributed by atoms with Gasteiger partial charge in [-0.3, -0.25) is 0 Å². The van der Waals surface area contributed by atoms with Crippen LogP contribution < -0.4 is 9.62 Å². The van der Waals surface area contributed by atoms with Gasteiger partial charge < -0.3 is 4.90 Å². The van der Waals surface area contributed by atoms with Crippen LogP contribution in [0.2, 0.25) is 5.02 Å². The molecule has 1 N–H and O–H groups in total. The van der Waals surface area contributed by atoms with Gasteiger partial charge in [-0.2, -0.15) is 9.78 Å². The van der Waals surface area contributed by atoms with Crippen LogP contribution >= 0.6 is 11.6 Å². The predicted octanol–water partition coefficient (Wildman–Crippen LogP) is 3.04. The first kappa shape index (κ1) is 25.2. The maximum atomic E-state index is 13.1. The highest BCUT2D eigenvalue weighted by Gasteiger charge is 2.33. The maximum Gasteiger partial charge on any atom is 0.357 e.